The van der Waals surface area contributed by atoms with Crippen molar-refractivity contribution < 1.29 is 9.59 Å². The monoisotopic (exact) mass is 194 g/mol. The second kappa shape index (κ2) is 3.53. The Morgan fingerprint density at radius 3 is 2.93 bits per heavy atom. The highest BCUT2D eigenvalue weighted by molar-refractivity contribution is 5.97. The summed E-state index contributed by atoms with van der Waals surface area (Å²) in [5.74, 6) is 0.0317. The first-order valence-corrected chi connectivity index (χ1v) is 4.99. The second-order valence-electron chi connectivity index (χ2n) is 3.72. The lowest BCUT2D eigenvalue weighted by Crippen LogP contribution is -2.41. The summed E-state index contributed by atoms with van der Waals surface area (Å²) >= 11 is 0. The molecule has 0 unspecified atom stereocenters. The van der Waals surface area contributed by atoms with Gasteiger partial charge in [-0.1, -0.05) is 0 Å². The molecule has 0 bridgehead atoms. The first-order chi connectivity index (χ1) is 6.70. The Hall–Kier alpha value is -1.16. The summed E-state index contributed by atoms with van der Waals surface area (Å²) in [6, 6.07) is 0. The van der Waals surface area contributed by atoms with Crippen molar-refractivity contribution in [1.82, 2.24) is 10.0 Å². The van der Waals surface area contributed by atoms with Crippen molar-refractivity contribution in [2.45, 2.75) is 26.2 Å². The molecule has 0 N–H and O–H groups in total. The number of Topliss-reactive ketones (excluding diaryl/α,β-unsaturated/α-hetero) is 1. The number of nitrogens with zero attached hydrogens (tertiary/aromatic N) is 2. The van der Waals surface area contributed by atoms with E-state index >= 15 is 0 Å². The number of hydrazine groups is 1. The Bertz CT molecular complexity index is 309. The highest BCUT2D eigenvalue weighted by Gasteiger charge is 2.32. The molecule has 1 amide bonds. The van der Waals surface area contributed by atoms with Crippen molar-refractivity contribution in [2.24, 2.45) is 0 Å². The molecule has 4 heteroatoms. The number of carbonyl (C=O) groups excluding carboxylic acids is 2. The summed E-state index contributed by atoms with van der Waals surface area (Å²) in [4.78, 5) is 23.0. The minimum atomic E-state index is -0.0252. The average molecular weight is 194 g/mol. The summed E-state index contributed by atoms with van der Waals surface area (Å²) in [7, 11) is 0. The molecule has 0 spiro atoms. The number of ketones is 1. The molecule has 2 rings (SSSR count). The van der Waals surface area contributed by atoms with E-state index in [0.29, 0.717) is 18.7 Å². The summed E-state index contributed by atoms with van der Waals surface area (Å²) < 4.78 is 0. The van der Waals surface area contributed by atoms with Gasteiger partial charge in [0.05, 0.1) is 0 Å². The molecular weight excluding hydrogens is 180 g/mol. The van der Waals surface area contributed by atoms with Gasteiger partial charge in [0.15, 0.2) is 5.78 Å². The van der Waals surface area contributed by atoms with E-state index in [0.717, 1.165) is 19.4 Å². The largest absolute Gasteiger partial charge is 0.293 e. The first-order valence-electron chi connectivity index (χ1n) is 4.99. The zero-order valence-electron chi connectivity index (χ0n) is 8.32. The van der Waals surface area contributed by atoms with Crippen LogP contribution in [0.3, 0.4) is 0 Å². The van der Waals surface area contributed by atoms with Gasteiger partial charge in [-0.15, -0.1) is 0 Å². The van der Waals surface area contributed by atoms with Crippen LogP contribution in [0.4, 0.5) is 0 Å². The molecule has 1 fully saturated rings. The molecule has 0 atom stereocenters. The lowest BCUT2D eigenvalue weighted by molar-refractivity contribution is -0.142. The lowest BCUT2D eigenvalue weighted by Gasteiger charge is -2.27. The third-order valence-corrected chi connectivity index (χ3v) is 2.66. The molecule has 76 valence electrons. The minimum absolute atomic E-state index is 0.0252. The van der Waals surface area contributed by atoms with Crippen LogP contribution in [0, 0.1) is 0 Å². The standard InChI is InChI=1S/C10H14N2O2/c1-8(13)9-5-7-11-6-3-2-4-10(14)12(9)11/h5H,2-4,6-7H2,1H3. The molecule has 4 nitrogen and oxygen atoms in total. The molecule has 0 aliphatic carbocycles. The quantitative estimate of drug-likeness (QED) is 0.617. The van der Waals surface area contributed by atoms with E-state index in [1.165, 1.54) is 6.92 Å². The maximum Gasteiger partial charge on any atom is 0.241 e. The van der Waals surface area contributed by atoms with Gasteiger partial charge >= 0.3 is 0 Å². The summed E-state index contributed by atoms with van der Waals surface area (Å²) in [5.41, 5.74) is 0.553. The van der Waals surface area contributed by atoms with Crippen LogP contribution in [-0.4, -0.2) is 34.8 Å². The Labute approximate surface area is 83.1 Å². The smallest absolute Gasteiger partial charge is 0.241 e. The zero-order chi connectivity index (χ0) is 10.1. The van der Waals surface area contributed by atoms with Gasteiger partial charge in [-0.2, -0.15) is 0 Å². The molecule has 1 saturated heterocycles. The average Bonchev–Trinajstić information content (AvgIpc) is 2.48. The van der Waals surface area contributed by atoms with E-state index in [1.807, 2.05) is 11.1 Å². The fourth-order valence-corrected chi connectivity index (χ4v) is 1.96. The number of hydrogen-bond donors (Lipinski definition) is 0. The van der Waals surface area contributed by atoms with E-state index < -0.39 is 0 Å². The number of rotatable bonds is 1. The fraction of sp³-hybridized carbons (Fsp3) is 0.600. The molecular formula is C10H14N2O2. The minimum Gasteiger partial charge on any atom is -0.293 e. The number of allylic oxidation sites excluding steroid dienone is 1. The van der Waals surface area contributed by atoms with Crippen LogP contribution in [0.1, 0.15) is 26.2 Å². The van der Waals surface area contributed by atoms with Gasteiger partial charge in [-0.05, 0) is 18.9 Å². The van der Waals surface area contributed by atoms with E-state index in [9.17, 15) is 9.59 Å². The number of amides is 1. The Morgan fingerprint density at radius 2 is 2.21 bits per heavy atom. The molecule has 2 heterocycles. The highest BCUT2D eigenvalue weighted by Crippen LogP contribution is 2.23. The van der Waals surface area contributed by atoms with Crippen LogP contribution in [0.25, 0.3) is 0 Å². The van der Waals surface area contributed by atoms with Crippen molar-refractivity contribution in [3.05, 3.63) is 11.8 Å². The Balaban J connectivity index is 2.24. The van der Waals surface area contributed by atoms with Gasteiger partial charge < -0.3 is 0 Å². The van der Waals surface area contributed by atoms with Gasteiger partial charge in [-0.3, -0.25) is 9.59 Å². The van der Waals surface area contributed by atoms with Crippen LogP contribution in [-0.2, 0) is 9.59 Å². The topological polar surface area (TPSA) is 40.6 Å². The summed E-state index contributed by atoms with van der Waals surface area (Å²) in [6.07, 6.45) is 4.35. The molecule has 0 saturated carbocycles. The fourth-order valence-electron chi connectivity index (χ4n) is 1.96. The van der Waals surface area contributed by atoms with Gasteiger partial charge in [-0.25, -0.2) is 10.0 Å². The van der Waals surface area contributed by atoms with Crippen molar-refractivity contribution in [3.63, 3.8) is 0 Å². The third-order valence-electron chi connectivity index (χ3n) is 2.66. The van der Waals surface area contributed by atoms with Gasteiger partial charge in [0.2, 0.25) is 5.91 Å². The van der Waals surface area contributed by atoms with Crippen LogP contribution < -0.4 is 0 Å². The highest BCUT2D eigenvalue weighted by atomic mass is 16.2. The lowest BCUT2D eigenvalue weighted by atomic mass is 10.2. The van der Waals surface area contributed by atoms with Crippen LogP contribution >= 0.6 is 0 Å². The Morgan fingerprint density at radius 1 is 1.43 bits per heavy atom. The van der Waals surface area contributed by atoms with Gasteiger partial charge in [0.1, 0.15) is 5.70 Å². The van der Waals surface area contributed by atoms with E-state index in [1.54, 1.807) is 5.01 Å². The van der Waals surface area contributed by atoms with Crippen molar-refractivity contribution in [1.29, 1.82) is 0 Å². The maximum absolute atomic E-state index is 11.7. The number of carbonyl (C=O) groups is 2. The molecule has 2 aliphatic rings. The summed E-state index contributed by atoms with van der Waals surface area (Å²) in [6.45, 7) is 3.08. The Kier molecular flexibility index (Phi) is 2.37. The first kappa shape index (κ1) is 9.40. The summed E-state index contributed by atoms with van der Waals surface area (Å²) in [5, 5.41) is 3.52. The van der Waals surface area contributed by atoms with Crippen LogP contribution in [0.5, 0.6) is 0 Å². The van der Waals surface area contributed by atoms with Gasteiger partial charge in [0, 0.05) is 26.4 Å². The van der Waals surface area contributed by atoms with Gasteiger partial charge in [0.25, 0.3) is 0 Å². The molecule has 0 radical (unpaired) electrons. The van der Waals surface area contributed by atoms with Crippen molar-refractivity contribution >= 4 is 11.7 Å². The van der Waals surface area contributed by atoms with E-state index in [-0.39, 0.29) is 11.7 Å². The predicted molar refractivity (Wildman–Crippen MR) is 51.0 cm³/mol. The van der Waals surface area contributed by atoms with Crippen LogP contribution in [0.2, 0.25) is 0 Å². The van der Waals surface area contributed by atoms with E-state index in [4.69, 9.17) is 0 Å². The van der Waals surface area contributed by atoms with Crippen LogP contribution in [0.15, 0.2) is 11.8 Å². The van der Waals surface area contributed by atoms with Crippen molar-refractivity contribution in [3.8, 4) is 0 Å². The third kappa shape index (κ3) is 1.46. The molecule has 0 aromatic carbocycles. The number of hydrogen-bond acceptors (Lipinski definition) is 3. The molecule has 0 aromatic heterocycles. The number of fused-ring (bicyclic) bond motifs is 1. The maximum atomic E-state index is 11.7. The second-order valence-corrected chi connectivity index (χ2v) is 3.72. The van der Waals surface area contributed by atoms with E-state index in [2.05, 4.69) is 0 Å². The molecule has 2 aliphatic heterocycles. The zero-order valence-corrected chi connectivity index (χ0v) is 8.32. The normalized spacial score (nSPS) is 23.1. The molecule has 14 heavy (non-hydrogen) atoms. The molecule has 0 aromatic rings. The predicted octanol–water partition coefficient (Wildman–Crippen LogP) is 0.702. The SMILES string of the molecule is CC(=O)C1=CCN2CCCCC(=O)N12. The van der Waals surface area contributed by atoms with Crippen molar-refractivity contribution in [2.75, 3.05) is 13.1 Å².